The van der Waals surface area contributed by atoms with Crippen LogP contribution < -0.4 is 5.32 Å². The zero-order chi connectivity index (χ0) is 12.8. The Bertz CT molecular complexity index is 376. The molecule has 0 aliphatic rings. The van der Waals surface area contributed by atoms with Gasteiger partial charge in [0.15, 0.2) is 0 Å². The molecular formula is C12H15BrFNO2. The first kappa shape index (κ1) is 14.1. The maximum absolute atomic E-state index is 13.4. The van der Waals surface area contributed by atoms with E-state index >= 15 is 0 Å². The first-order valence-corrected chi connectivity index (χ1v) is 6.15. The molecule has 0 saturated heterocycles. The van der Waals surface area contributed by atoms with Crippen LogP contribution in [-0.2, 0) is 4.74 Å². The Labute approximate surface area is 108 Å². The highest BCUT2D eigenvalue weighted by atomic mass is 79.9. The summed E-state index contributed by atoms with van der Waals surface area (Å²) in [5, 5.41) is 2.60. The van der Waals surface area contributed by atoms with Gasteiger partial charge in [0.1, 0.15) is 5.82 Å². The molecule has 1 aromatic carbocycles. The lowest BCUT2D eigenvalue weighted by Gasteiger charge is -2.09. The molecule has 1 amide bonds. The highest BCUT2D eigenvalue weighted by molar-refractivity contribution is 9.10. The molecule has 0 unspecified atom stereocenters. The molecule has 0 heterocycles. The van der Waals surface area contributed by atoms with Crippen LogP contribution in [0.3, 0.4) is 0 Å². The number of nitrogens with one attached hydrogen (secondary N) is 1. The minimum Gasteiger partial charge on any atom is -0.377 e. The van der Waals surface area contributed by atoms with Crippen LogP contribution >= 0.6 is 15.9 Å². The van der Waals surface area contributed by atoms with E-state index in [2.05, 4.69) is 21.2 Å². The predicted octanol–water partition coefficient (Wildman–Crippen LogP) is 2.74. The summed E-state index contributed by atoms with van der Waals surface area (Å²) in [6, 6.07) is 4.42. The van der Waals surface area contributed by atoms with E-state index in [1.807, 2.05) is 13.8 Å². The standard InChI is InChI=1S/C12H15BrFNO2/c1-8(2)17-7-6-15-12(16)11-9(13)4-3-5-10(11)14/h3-5,8H,6-7H2,1-2H3,(H,15,16). The minimum absolute atomic E-state index is 0.0250. The van der Waals surface area contributed by atoms with Gasteiger partial charge in [0.25, 0.3) is 5.91 Å². The van der Waals surface area contributed by atoms with Gasteiger partial charge in [0.05, 0.1) is 18.3 Å². The Morgan fingerprint density at radius 3 is 2.82 bits per heavy atom. The van der Waals surface area contributed by atoms with Crippen molar-refractivity contribution in [3.63, 3.8) is 0 Å². The van der Waals surface area contributed by atoms with Crippen LogP contribution in [0, 0.1) is 5.82 Å². The smallest absolute Gasteiger partial charge is 0.255 e. The fourth-order valence-electron chi connectivity index (χ4n) is 1.26. The number of hydrogen-bond donors (Lipinski definition) is 1. The molecule has 0 atom stereocenters. The monoisotopic (exact) mass is 303 g/mol. The fraction of sp³-hybridized carbons (Fsp3) is 0.417. The first-order valence-electron chi connectivity index (χ1n) is 5.36. The van der Waals surface area contributed by atoms with Gasteiger partial charge in [0.2, 0.25) is 0 Å². The lowest BCUT2D eigenvalue weighted by atomic mass is 10.2. The van der Waals surface area contributed by atoms with Crippen molar-refractivity contribution >= 4 is 21.8 Å². The molecule has 17 heavy (non-hydrogen) atoms. The molecule has 5 heteroatoms. The number of rotatable bonds is 5. The van der Waals surface area contributed by atoms with Crippen LogP contribution in [-0.4, -0.2) is 25.2 Å². The van der Waals surface area contributed by atoms with Gasteiger partial charge in [-0.2, -0.15) is 0 Å². The summed E-state index contributed by atoms with van der Waals surface area (Å²) < 4.78 is 19.1. The summed E-state index contributed by atoms with van der Waals surface area (Å²) in [7, 11) is 0. The third-order valence-electron chi connectivity index (χ3n) is 2.03. The van der Waals surface area contributed by atoms with E-state index in [0.29, 0.717) is 17.6 Å². The van der Waals surface area contributed by atoms with Gasteiger partial charge < -0.3 is 10.1 Å². The molecule has 1 N–H and O–H groups in total. The predicted molar refractivity (Wildman–Crippen MR) is 67.5 cm³/mol. The Kier molecular flexibility index (Phi) is 5.58. The highest BCUT2D eigenvalue weighted by Crippen LogP contribution is 2.19. The fourth-order valence-corrected chi connectivity index (χ4v) is 1.78. The van der Waals surface area contributed by atoms with E-state index in [-0.39, 0.29) is 11.7 Å². The molecule has 3 nitrogen and oxygen atoms in total. The SMILES string of the molecule is CC(C)OCCNC(=O)c1c(F)cccc1Br. The number of hydrogen-bond acceptors (Lipinski definition) is 2. The van der Waals surface area contributed by atoms with Crippen molar-refractivity contribution in [2.75, 3.05) is 13.2 Å². The van der Waals surface area contributed by atoms with Gasteiger partial charge in [-0.05, 0) is 41.9 Å². The van der Waals surface area contributed by atoms with E-state index in [1.165, 1.54) is 12.1 Å². The molecule has 1 aromatic rings. The number of carbonyl (C=O) groups is 1. The molecule has 0 radical (unpaired) electrons. The molecule has 0 saturated carbocycles. The molecule has 0 aliphatic heterocycles. The second-order valence-corrected chi connectivity index (χ2v) is 4.63. The molecule has 1 rings (SSSR count). The third-order valence-corrected chi connectivity index (χ3v) is 2.69. The van der Waals surface area contributed by atoms with Crippen LogP contribution in [0.4, 0.5) is 4.39 Å². The quantitative estimate of drug-likeness (QED) is 0.850. The van der Waals surface area contributed by atoms with E-state index in [4.69, 9.17) is 4.74 Å². The number of halogens is 2. The molecular weight excluding hydrogens is 289 g/mol. The molecule has 0 aliphatic carbocycles. The van der Waals surface area contributed by atoms with Crippen molar-refractivity contribution in [3.05, 3.63) is 34.1 Å². The van der Waals surface area contributed by atoms with Gasteiger partial charge in [0, 0.05) is 11.0 Å². The summed E-state index contributed by atoms with van der Waals surface area (Å²) in [5.74, 6) is -0.982. The molecule has 0 spiro atoms. The van der Waals surface area contributed by atoms with Gasteiger partial charge in [-0.1, -0.05) is 6.07 Å². The van der Waals surface area contributed by atoms with Crippen molar-refractivity contribution < 1.29 is 13.9 Å². The molecule has 94 valence electrons. The number of benzene rings is 1. The molecule has 0 fully saturated rings. The Morgan fingerprint density at radius 1 is 1.53 bits per heavy atom. The third kappa shape index (κ3) is 4.44. The Balaban J connectivity index is 2.53. The van der Waals surface area contributed by atoms with Gasteiger partial charge in [-0.25, -0.2) is 4.39 Å². The van der Waals surface area contributed by atoms with Crippen LogP contribution in [0.1, 0.15) is 24.2 Å². The highest BCUT2D eigenvalue weighted by Gasteiger charge is 2.14. The summed E-state index contributed by atoms with van der Waals surface area (Å²) >= 11 is 3.15. The molecule has 0 bridgehead atoms. The van der Waals surface area contributed by atoms with Crippen molar-refractivity contribution in [2.24, 2.45) is 0 Å². The first-order chi connectivity index (χ1) is 8.02. The summed E-state index contributed by atoms with van der Waals surface area (Å²) in [5.41, 5.74) is 0.0250. The summed E-state index contributed by atoms with van der Waals surface area (Å²) in [4.78, 5) is 11.7. The number of carbonyl (C=O) groups excluding carboxylic acids is 1. The van der Waals surface area contributed by atoms with Gasteiger partial charge in [-0.15, -0.1) is 0 Å². The number of ether oxygens (including phenoxy) is 1. The normalized spacial score (nSPS) is 10.6. The van der Waals surface area contributed by atoms with Crippen molar-refractivity contribution in [3.8, 4) is 0 Å². The van der Waals surface area contributed by atoms with E-state index in [9.17, 15) is 9.18 Å². The second-order valence-electron chi connectivity index (χ2n) is 3.77. The minimum atomic E-state index is -0.540. The summed E-state index contributed by atoms with van der Waals surface area (Å²) in [6.07, 6.45) is 0.118. The van der Waals surface area contributed by atoms with E-state index in [0.717, 1.165) is 0 Å². The average molecular weight is 304 g/mol. The van der Waals surface area contributed by atoms with Crippen LogP contribution in [0.5, 0.6) is 0 Å². The van der Waals surface area contributed by atoms with Crippen molar-refractivity contribution in [2.45, 2.75) is 20.0 Å². The zero-order valence-electron chi connectivity index (χ0n) is 9.80. The lowest BCUT2D eigenvalue weighted by molar-refractivity contribution is 0.0745. The topological polar surface area (TPSA) is 38.3 Å². The van der Waals surface area contributed by atoms with Crippen LogP contribution in [0.2, 0.25) is 0 Å². The van der Waals surface area contributed by atoms with Gasteiger partial charge in [-0.3, -0.25) is 4.79 Å². The Hall–Kier alpha value is -0.940. The maximum Gasteiger partial charge on any atom is 0.255 e. The maximum atomic E-state index is 13.4. The van der Waals surface area contributed by atoms with Gasteiger partial charge >= 0.3 is 0 Å². The zero-order valence-corrected chi connectivity index (χ0v) is 11.4. The average Bonchev–Trinajstić information content (AvgIpc) is 2.24. The van der Waals surface area contributed by atoms with Crippen molar-refractivity contribution in [1.29, 1.82) is 0 Å². The van der Waals surface area contributed by atoms with E-state index in [1.54, 1.807) is 6.07 Å². The molecule has 0 aromatic heterocycles. The van der Waals surface area contributed by atoms with E-state index < -0.39 is 11.7 Å². The lowest BCUT2D eigenvalue weighted by Crippen LogP contribution is -2.29. The largest absolute Gasteiger partial charge is 0.377 e. The van der Waals surface area contributed by atoms with Crippen LogP contribution in [0.25, 0.3) is 0 Å². The second kappa shape index (κ2) is 6.71. The van der Waals surface area contributed by atoms with Crippen LogP contribution in [0.15, 0.2) is 22.7 Å². The van der Waals surface area contributed by atoms with Crippen molar-refractivity contribution in [1.82, 2.24) is 5.32 Å². The number of amides is 1. The Morgan fingerprint density at radius 2 is 2.24 bits per heavy atom. The summed E-state index contributed by atoms with van der Waals surface area (Å²) in [6.45, 7) is 4.60.